The van der Waals surface area contributed by atoms with Crippen LogP contribution < -0.4 is 4.74 Å². The molecule has 1 saturated heterocycles. The van der Waals surface area contributed by atoms with Crippen molar-refractivity contribution in [2.24, 2.45) is 0 Å². The number of ether oxygens (including phenoxy) is 1. The lowest BCUT2D eigenvalue weighted by Crippen LogP contribution is -2.30. The van der Waals surface area contributed by atoms with Crippen molar-refractivity contribution >= 4 is 23.3 Å². The van der Waals surface area contributed by atoms with Gasteiger partial charge < -0.3 is 9.64 Å². The Morgan fingerprint density at radius 1 is 1.13 bits per heavy atom. The van der Waals surface area contributed by atoms with Crippen molar-refractivity contribution in [3.8, 4) is 5.75 Å². The first-order valence-corrected chi connectivity index (χ1v) is 9.62. The van der Waals surface area contributed by atoms with Crippen molar-refractivity contribution in [1.29, 1.82) is 0 Å². The molecule has 1 amide bonds. The van der Waals surface area contributed by atoms with Gasteiger partial charge in [-0.3, -0.25) is 9.59 Å². The molecule has 0 N–H and O–H groups in total. The van der Waals surface area contributed by atoms with Crippen molar-refractivity contribution in [2.75, 3.05) is 13.7 Å². The number of alkyl halides is 3. The number of carbonyl (C=O) groups is 2. The van der Waals surface area contributed by atoms with Crippen molar-refractivity contribution in [2.45, 2.75) is 25.1 Å². The van der Waals surface area contributed by atoms with Crippen molar-refractivity contribution < 1.29 is 27.5 Å². The molecule has 1 fully saturated rings. The number of carbonyl (C=O) groups excluding carboxylic acids is 2. The van der Waals surface area contributed by atoms with Gasteiger partial charge in [-0.25, -0.2) is 0 Å². The number of rotatable bonds is 5. The number of halogens is 4. The molecule has 2 aromatic rings. The van der Waals surface area contributed by atoms with Gasteiger partial charge in [-0.2, -0.15) is 13.2 Å². The van der Waals surface area contributed by atoms with E-state index in [1.807, 2.05) is 0 Å². The predicted molar refractivity (Wildman–Crippen MR) is 107 cm³/mol. The number of likely N-dealkylation sites (tertiary alicyclic amines) is 1. The highest BCUT2D eigenvalue weighted by Crippen LogP contribution is 2.42. The lowest BCUT2D eigenvalue weighted by atomic mass is 9.97. The normalized spacial score (nSPS) is 16.8. The lowest BCUT2D eigenvalue weighted by Gasteiger charge is -2.27. The standard InChI is InChI=1S/C22H19ClF3NO3/c1-30-16-8-9-18(22(24,25)26)17(13-16)19-3-2-12-27(19)21(29)11-10-20(28)14-4-6-15(23)7-5-14/h4-11,13,19H,2-3,12H2,1H3/b11-10+. The number of hydrogen-bond acceptors (Lipinski definition) is 3. The number of benzene rings is 2. The molecular formula is C22H19ClF3NO3. The van der Waals surface area contributed by atoms with Crippen LogP contribution >= 0.6 is 11.6 Å². The van der Waals surface area contributed by atoms with E-state index in [1.165, 1.54) is 36.3 Å². The first kappa shape index (κ1) is 21.9. The van der Waals surface area contributed by atoms with E-state index in [-0.39, 0.29) is 11.3 Å². The molecule has 0 radical (unpaired) electrons. The Labute approximate surface area is 176 Å². The van der Waals surface area contributed by atoms with E-state index in [9.17, 15) is 22.8 Å². The quantitative estimate of drug-likeness (QED) is 0.460. The van der Waals surface area contributed by atoms with Crippen molar-refractivity contribution in [1.82, 2.24) is 4.90 Å². The molecule has 0 spiro atoms. The summed E-state index contributed by atoms with van der Waals surface area (Å²) in [5.74, 6) is -0.630. The summed E-state index contributed by atoms with van der Waals surface area (Å²) in [4.78, 5) is 26.3. The zero-order chi connectivity index (χ0) is 21.9. The molecule has 158 valence electrons. The van der Waals surface area contributed by atoms with Gasteiger partial charge in [0.15, 0.2) is 5.78 Å². The van der Waals surface area contributed by atoms with Crippen molar-refractivity contribution in [3.05, 3.63) is 76.3 Å². The number of allylic oxidation sites excluding steroid dienone is 1. The second-order valence-corrected chi connectivity index (χ2v) is 7.28. The summed E-state index contributed by atoms with van der Waals surface area (Å²) in [5.41, 5.74) is -0.451. The van der Waals surface area contributed by atoms with Gasteiger partial charge in [0.1, 0.15) is 5.75 Å². The first-order valence-electron chi connectivity index (χ1n) is 9.24. The van der Waals surface area contributed by atoms with Gasteiger partial charge in [0.2, 0.25) is 5.91 Å². The lowest BCUT2D eigenvalue weighted by molar-refractivity contribution is -0.139. The smallest absolute Gasteiger partial charge is 0.416 e. The van der Waals surface area contributed by atoms with Gasteiger partial charge in [0.25, 0.3) is 0 Å². The van der Waals surface area contributed by atoms with E-state index in [4.69, 9.17) is 16.3 Å². The Morgan fingerprint density at radius 3 is 2.47 bits per heavy atom. The van der Waals surface area contributed by atoms with E-state index in [0.29, 0.717) is 30.0 Å². The number of amides is 1. The highest BCUT2D eigenvalue weighted by Gasteiger charge is 2.39. The molecule has 1 aliphatic heterocycles. The molecule has 8 heteroatoms. The highest BCUT2D eigenvalue weighted by atomic mass is 35.5. The fraction of sp³-hybridized carbons (Fsp3) is 0.273. The van der Waals surface area contributed by atoms with E-state index < -0.39 is 29.5 Å². The zero-order valence-corrected chi connectivity index (χ0v) is 16.8. The summed E-state index contributed by atoms with van der Waals surface area (Å²) in [6.07, 6.45) is -1.38. The van der Waals surface area contributed by atoms with Gasteiger partial charge in [0.05, 0.1) is 18.7 Å². The molecule has 4 nitrogen and oxygen atoms in total. The van der Waals surface area contributed by atoms with Crippen molar-refractivity contribution in [3.63, 3.8) is 0 Å². The molecular weight excluding hydrogens is 419 g/mol. The monoisotopic (exact) mass is 437 g/mol. The van der Waals surface area contributed by atoms with Gasteiger partial charge >= 0.3 is 6.18 Å². The molecule has 0 saturated carbocycles. The molecule has 30 heavy (non-hydrogen) atoms. The zero-order valence-electron chi connectivity index (χ0n) is 16.1. The Kier molecular flexibility index (Phi) is 6.51. The molecule has 2 aromatic carbocycles. The third kappa shape index (κ3) is 4.84. The molecule has 3 rings (SSSR count). The summed E-state index contributed by atoms with van der Waals surface area (Å²) >= 11 is 5.79. The Balaban J connectivity index is 1.84. The van der Waals surface area contributed by atoms with Crippen LogP contribution in [0.1, 0.15) is 40.4 Å². The third-order valence-electron chi connectivity index (χ3n) is 4.97. The van der Waals surface area contributed by atoms with Crippen LogP contribution in [0.15, 0.2) is 54.6 Å². The third-order valence-corrected chi connectivity index (χ3v) is 5.22. The van der Waals surface area contributed by atoms with Gasteiger partial charge in [-0.15, -0.1) is 0 Å². The maximum Gasteiger partial charge on any atom is 0.416 e. The number of hydrogen-bond donors (Lipinski definition) is 0. The van der Waals surface area contributed by atoms with Crippen LogP contribution in [0.3, 0.4) is 0 Å². The Hall–Kier alpha value is -2.80. The average Bonchev–Trinajstić information content (AvgIpc) is 3.21. The molecule has 0 bridgehead atoms. The Morgan fingerprint density at radius 2 is 1.83 bits per heavy atom. The molecule has 0 aliphatic carbocycles. The minimum atomic E-state index is -4.56. The number of nitrogens with zero attached hydrogens (tertiary/aromatic N) is 1. The molecule has 0 aromatic heterocycles. The predicted octanol–water partition coefficient (Wildman–Crippen LogP) is 5.47. The highest BCUT2D eigenvalue weighted by molar-refractivity contribution is 6.30. The summed E-state index contributed by atoms with van der Waals surface area (Å²) in [7, 11) is 1.37. The molecule has 1 heterocycles. The summed E-state index contributed by atoms with van der Waals surface area (Å²) in [6.45, 7) is 0.303. The SMILES string of the molecule is COc1ccc(C(F)(F)F)c(C2CCCN2C(=O)/C=C/C(=O)c2ccc(Cl)cc2)c1. The average molecular weight is 438 g/mol. The summed E-state index contributed by atoms with van der Waals surface area (Å²) in [5, 5.41) is 0.477. The first-order chi connectivity index (χ1) is 14.2. The van der Waals surface area contributed by atoms with Crippen LogP contribution in [-0.2, 0) is 11.0 Å². The maximum atomic E-state index is 13.5. The second-order valence-electron chi connectivity index (χ2n) is 6.85. The van der Waals surface area contributed by atoms with E-state index in [0.717, 1.165) is 18.2 Å². The fourth-order valence-electron chi connectivity index (χ4n) is 3.51. The minimum Gasteiger partial charge on any atom is -0.497 e. The number of methoxy groups -OCH3 is 1. The van der Waals surface area contributed by atoms with Crippen LogP contribution in [0.2, 0.25) is 5.02 Å². The number of ketones is 1. The molecule has 1 atom stereocenters. The van der Waals surface area contributed by atoms with Crippen LogP contribution in [-0.4, -0.2) is 30.2 Å². The van der Waals surface area contributed by atoms with Crippen LogP contribution in [0, 0.1) is 0 Å². The van der Waals surface area contributed by atoms with Gasteiger partial charge in [0, 0.05) is 23.2 Å². The summed E-state index contributed by atoms with van der Waals surface area (Å²) in [6, 6.07) is 8.97. The second kappa shape index (κ2) is 8.92. The van der Waals surface area contributed by atoms with Gasteiger partial charge in [-0.05, 0) is 66.9 Å². The largest absolute Gasteiger partial charge is 0.497 e. The minimum absolute atomic E-state index is 0.00914. The van der Waals surface area contributed by atoms with E-state index in [1.54, 1.807) is 12.1 Å². The van der Waals surface area contributed by atoms with Crippen LogP contribution in [0.25, 0.3) is 0 Å². The van der Waals surface area contributed by atoms with Crippen LogP contribution in [0.4, 0.5) is 13.2 Å². The van der Waals surface area contributed by atoms with E-state index >= 15 is 0 Å². The molecule has 1 unspecified atom stereocenters. The van der Waals surface area contributed by atoms with Gasteiger partial charge in [-0.1, -0.05) is 11.6 Å². The molecule has 1 aliphatic rings. The van der Waals surface area contributed by atoms with Crippen LogP contribution in [0.5, 0.6) is 5.75 Å². The van der Waals surface area contributed by atoms with E-state index in [2.05, 4.69) is 0 Å². The Bertz CT molecular complexity index is 971. The fourth-order valence-corrected chi connectivity index (χ4v) is 3.63. The topological polar surface area (TPSA) is 46.6 Å². The maximum absolute atomic E-state index is 13.5. The summed E-state index contributed by atoms with van der Waals surface area (Å²) < 4.78 is 45.6.